The van der Waals surface area contributed by atoms with Crippen LogP contribution in [-0.2, 0) is 38.3 Å². The minimum atomic E-state index is -5.07. The highest BCUT2D eigenvalue weighted by atomic mass is 32.3. The number of carbonyl (C=O) groups excluding carboxylic acids is 1. The van der Waals surface area contributed by atoms with Crippen molar-refractivity contribution in [2.75, 3.05) is 26.4 Å². The van der Waals surface area contributed by atoms with Gasteiger partial charge in [0.2, 0.25) is 0 Å². The number of aliphatic hydroxyl groups is 3. The highest BCUT2D eigenvalue weighted by Crippen LogP contribution is 2.26. The van der Waals surface area contributed by atoms with Crippen LogP contribution in [0.5, 0.6) is 0 Å². The molecule has 1 fully saturated rings. The third kappa shape index (κ3) is 41.8. The van der Waals surface area contributed by atoms with Crippen molar-refractivity contribution >= 4 is 16.4 Å². The first-order valence-electron chi connectivity index (χ1n) is 28.7. The number of unbranched alkanes of at least 4 members (excludes halogenated alkanes) is 25. The van der Waals surface area contributed by atoms with E-state index in [1.54, 1.807) is 0 Å². The Hall–Kier alpha value is -2.46. The Bertz CT molecular complexity index is 1520. The second-order valence-corrected chi connectivity index (χ2v) is 20.6. The van der Waals surface area contributed by atoms with Gasteiger partial charge in [0.15, 0.2) is 6.29 Å². The van der Waals surface area contributed by atoms with Crippen molar-refractivity contribution in [3.8, 4) is 0 Å². The molecular weight excluding hydrogens is 933 g/mol. The van der Waals surface area contributed by atoms with Crippen LogP contribution in [0.4, 0.5) is 0 Å². The average Bonchev–Trinajstić information content (AvgIpc) is 3.36. The maximum Gasteiger partial charge on any atom is 0.397 e. The van der Waals surface area contributed by atoms with Crippen LogP contribution in [0.2, 0.25) is 0 Å². The second kappa shape index (κ2) is 49.4. The van der Waals surface area contributed by atoms with Crippen molar-refractivity contribution in [1.29, 1.82) is 0 Å². The Kier molecular flexibility index (Phi) is 46.4. The quantitative estimate of drug-likeness (QED) is 0.0196. The summed E-state index contributed by atoms with van der Waals surface area (Å²) in [7, 11) is -5.07. The molecule has 0 aromatic carbocycles. The average molecular weight is 1040 g/mol. The van der Waals surface area contributed by atoms with Gasteiger partial charge >= 0.3 is 16.4 Å². The first-order valence-corrected chi connectivity index (χ1v) is 30.1. The maximum absolute atomic E-state index is 13.0. The standard InChI is InChI=1S/C59H104O12S/c1-3-5-7-9-11-13-15-17-19-21-23-25-27-28-30-32-34-36-38-40-42-44-46-48-55(61)69-53(52-68-59-57(63)58(71-72(64,65)66)56(62)54(50-60)70-59)51-67-49-47-45-43-41-39-37-35-33-31-29-26-24-22-20-18-16-14-12-10-8-6-4-2/h15-18,21-24,27-29,31,53-54,56-60,62-63H,3-14,19-20,25-26,30,32-52H2,1-2H3,(H,64,65,66)/b17-15-,18-16-,23-21-,24-22-,28-27-,31-29-. The molecule has 1 aliphatic heterocycles. The smallest absolute Gasteiger partial charge is 0.397 e. The van der Waals surface area contributed by atoms with Crippen LogP contribution in [0.25, 0.3) is 0 Å². The molecule has 0 aromatic rings. The van der Waals surface area contributed by atoms with Gasteiger partial charge in [-0.3, -0.25) is 9.35 Å². The number of carbonyl (C=O) groups is 1. The van der Waals surface area contributed by atoms with Gasteiger partial charge in [0.05, 0.1) is 19.8 Å². The molecule has 0 spiro atoms. The van der Waals surface area contributed by atoms with E-state index in [2.05, 4.69) is 90.9 Å². The molecule has 0 saturated carbocycles. The van der Waals surface area contributed by atoms with Crippen LogP contribution >= 0.6 is 0 Å². The first kappa shape index (κ1) is 67.6. The Labute approximate surface area is 439 Å². The van der Waals surface area contributed by atoms with E-state index in [1.807, 2.05) is 0 Å². The fourth-order valence-corrected chi connectivity index (χ4v) is 8.96. The summed E-state index contributed by atoms with van der Waals surface area (Å²) in [5.74, 6) is -0.410. The summed E-state index contributed by atoms with van der Waals surface area (Å²) >= 11 is 0. The van der Waals surface area contributed by atoms with E-state index in [0.717, 1.165) is 83.5 Å². The van der Waals surface area contributed by atoms with Crippen molar-refractivity contribution in [3.05, 3.63) is 72.9 Å². The lowest BCUT2D eigenvalue weighted by Gasteiger charge is -2.41. The van der Waals surface area contributed by atoms with Crippen LogP contribution in [0, 0.1) is 0 Å². The Balaban J connectivity index is 2.34. The van der Waals surface area contributed by atoms with Gasteiger partial charge in [0.1, 0.15) is 30.5 Å². The van der Waals surface area contributed by atoms with Crippen molar-refractivity contribution in [3.63, 3.8) is 0 Å². The Morgan fingerprint density at radius 1 is 0.528 bits per heavy atom. The van der Waals surface area contributed by atoms with E-state index in [9.17, 15) is 33.1 Å². The van der Waals surface area contributed by atoms with E-state index < -0.39 is 59.8 Å². The molecule has 1 heterocycles. The first-order chi connectivity index (χ1) is 35.1. The summed E-state index contributed by atoms with van der Waals surface area (Å²) < 4.78 is 59.4. The van der Waals surface area contributed by atoms with Gasteiger partial charge in [-0.05, 0) is 89.9 Å². The minimum absolute atomic E-state index is 0.0230. The number of esters is 1. The fourth-order valence-electron chi connectivity index (χ4n) is 8.45. The lowest BCUT2D eigenvalue weighted by Crippen LogP contribution is -2.60. The number of ether oxygens (including phenoxy) is 4. The molecule has 0 radical (unpaired) electrons. The van der Waals surface area contributed by atoms with Gasteiger partial charge in [-0.25, -0.2) is 4.18 Å². The SMILES string of the molecule is CCCCCCC/C=C\C/C=C\C/C=C\CCCCCCCCCCC(=O)OC(COCCCCCCCCC/C=C\C/C=C\C/C=C\CCCCCCC)COC1OC(CO)C(O)C(OS(=O)(=O)O)C1O. The van der Waals surface area contributed by atoms with E-state index in [-0.39, 0.29) is 19.6 Å². The molecule has 1 saturated heterocycles. The molecule has 0 aliphatic carbocycles. The number of rotatable bonds is 50. The van der Waals surface area contributed by atoms with Gasteiger partial charge in [0, 0.05) is 13.0 Å². The summed E-state index contributed by atoms with van der Waals surface area (Å²) in [5, 5.41) is 30.8. The van der Waals surface area contributed by atoms with Crippen LogP contribution in [0.15, 0.2) is 72.9 Å². The largest absolute Gasteiger partial charge is 0.457 e. The van der Waals surface area contributed by atoms with Gasteiger partial charge < -0.3 is 34.3 Å². The van der Waals surface area contributed by atoms with Crippen LogP contribution in [0.3, 0.4) is 0 Å². The normalized spacial score (nSPS) is 19.4. The van der Waals surface area contributed by atoms with Gasteiger partial charge in [-0.1, -0.05) is 209 Å². The molecule has 4 N–H and O–H groups in total. The number of aliphatic hydroxyl groups excluding tert-OH is 3. The monoisotopic (exact) mass is 1040 g/mol. The molecule has 72 heavy (non-hydrogen) atoms. The Morgan fingerprint density at radius 2 is 0.917 bits per heavy atom. The van der Waals surface area contributed by atoms with Crippen LogP contribution in [0.1, 0.15) is 232 Å². The van der Waals surface area contributed by atoms with Crippen molar-refractivity contribution in [2.24, 2.45) is 0 Å². The zero-order valence-electron chi connectivity index (χ0n) is 45.2. The predicted octanol–water partition coefficient (Wildman–Crippen LogP) is 14.2. The molecule has 418 valence electrons. The van der Waals surface area contributed by atoms with Crippen LogP contribution < -0.4 is 0 Å². The second-order valence-electron chi connectivity index (χ2n) is 19.5. The molecule has 13 heteroatoms. The fraction of sp³-hybridized carbons (Fsp3) is 0.780. The maximum atomic E-state index is 13.0. The zero-order valence-corrected chi connectivity index (χ0v) is 46.0. The van der Waals surface area contributed by atoms with E-state index in [4.69, 9.17) is 18.9 Å². The number of allylic oxidation sites excluding steroid dienone is 12. The van der Waals surface area contributed by atoms with Crippen LogP contribution in [-0.4, -0.2) is 97.5 Å². The molecule has 6 unspecified atom stereocenters. The zero-order chi connectivity index (χ0) is 52.4. The van der Waals surface area contributed by atoms with Gasteiger partial charge in [-0.15, -0.1) is 0 Å². The molecule has 1 rings (SSSR count). The molecular formula is C59H104O12S. The molecule has 0 bridgehead atoms. The molecule has 0 aromatic heterocycles. The van der Waals surface area contributed by atoms with Crippen molar-refractivity contribution in [1.82, 2.24) is 0 Å². The Morgan fingerprint density at radius 3 is 1.33 bits per heavy atom. The molecule has 1 aliphatic rings. The number of hydrogen-bond acceptors (Lipinski definition) is 11. The van der Waals surface area contributed by atoms with E-state index in [1.165, 1.54) is 122 Å². The van der Waals surface area contributed by atoms with E-state index in [0.29, 0.717) is 13.0 Å². The summed E-state index contributed by atoms with van der Waals surface area (Å²) in [6, 6.07) is 0. The predicted molar refractivity (Wildman–Crippen MR) is 294 cm³/mol. The van der Waals surface area contributed by atoms with Gasteiger partial charge in [-0.2, -0.15) is 8.42 Å². The van der Waals surface area contributed by atoms with Crippen molar-refractivity contribution in [2.45, 2.75) is 269 Å². The third-order valence-corrected chi connectivity index (χ3v) is 13.3. The number of hydrogen-bond donors (Lipinski definition) is 4. The van der Waals surface area contributed by atoms with E-state index >= 15 is 0 Å². The van der Waals surface area contributed by atoms with Crippen molar-refractivity contribution < 1.29 is 56.2 Å². The minimum Gasteiger partial charge on any atom is -0.457 e. The third-order valence-electron chi connectivity index (χ3n) is 12.8. The molecule has 0 amide bonds. The summed E-state index contributed by atoms with van der Waals surface area (Å²) in [6.07, 6.45) is 56.4. The topological polar surface area (TPSA) is 178 Å². The summed E-state index contributed by atoms with van der Waals surface area (Å²) in [6.45, 7) is 3.95. The highest BCUT2D eigenvalue weighted by molar-refractivity contribution is 7.80. The lowest BCUT2D eigenvalue weighted by molar-refractivity contribution is -0.301. The summed E-state index contributed by atoms with van der Waals surface area (Å²) in [5.41, 5.74) is 0. The molecule has 6 atom stereocenters. The van der Waals surface area contributed by atoms with Gasteiger partial charge in [0.25, 0.3) is 0 Å². The lowest BCUT2D eigenvalue weighted by atomic mass is 9.99. The molecule has 12 nitrogen and oxygen atoms in total. The highest BCUT2D eigenvalue weighted by Gasteiger charge is 2.48. The summed E-state index contributed by atoms with van der Waals surface area (Å²) in [4.78, 5) is 13.0.